The summed E-state index contributed by atoms with van der Waals surface area (Å²) in [6.07, 6.45) is -2.91. The first kappa shape index (κ1) is 22.6. The van der Waals surface area contributed by atoms with Crippen molar-refractivity contribution in [2.75, 3.05) is 24.7 Å². The molecule has 32 heavy (non-hydrogen) atoms. The Hall–Kier alpha value is -2.63. The Balaban J connectivity index is 1.70. The summed E-state index contributed by atoms with van der Waals surface area (Å²) >= 11 is 1.25. The smallest absolute Gasteiger partial charge is 0.416 e. The van der Waals surface area contributed by atoms with Crippen molar-refractivity contribution in [2.24, 2.45) is 0 Å². The zero-order valence-electron chi connectivity index (χ0n) is 16.7. The fourth-order valence-corrected chi connectivity index (χ4v) is 5.83. The van der Waals surface area contributed by atoms with Crippen LogP contribution in [0, 0.1) is 0 Å². The SMILES string of the molecule is O=S(=O)(Cc1nccs1)c1ccc2c(c1)OCCN2c1ccc(C(F)(F)F)cc1CCO. The van der Waals surface area contributed by atoms with Crippen LogP contribution in [0.1, 0.15) is 16.1 Å². The van der Waals surface area contributed by atoms with Crippen molar-refractivity contribution < 1.29 is 31.4 Å². The van der Waals surface area contributed by atoms with Crippen LogP contribution in [0.3, 0.4) is 0 Å². The summed E-state index contributed by atoms with van der Waals surface area (Å²) in [6.45, 7) is 0.282. The molecule has 1 aliphatic rings. The molecule has 0 amide bonds. The van der Waals surface area contributed by atoms with Crippen molar-refractivity contribution in [3.8, 4) is 5.75 Å². The van der Waals surface area contributed by atoms with Crippen LogP contribution >= 0.6 is 11.3 Å². The number of thiazole rings is 1. The van der Waals surface area contributed by atoms with E-state index in [9.17, 15) is 26.7 Å². The number of rotatable bonds is 6. The highest BCUT2D eigenvalue weighted by Crippen LogP contribution is 2.41. The number of nitrogens with zero attached hydrogens (tertiary/aromatic N) is 2. The van der Waals surface area contributed by atoms with Gasteiger partial charge in [0.2, 0.25) is 0 Å². The lowest BCUT2D eigenvalue weighted by atomic mass is 10.0. The highest BCUT2D eigenvalue weighted by atomic mass is 32.2. The van der Waals surface area contributed by atoms with Gasteiger partial charge in [-0.1, -0.05) is 0 Å². The summed E-state index contributed by atoms with van der Waals surface area (Å²) in [5.41, 5.74) is 0.607. The highest BCUT2D eigenvalue weighted by molar-refractivity contribution is 7.90. The number of sulfone groups is 1. The monoisotopic (exact) mass is 484 g/mol. The molecule has 1 aliphatic heterocycles. The van der Waals surface area contributed by atoms with Gasteiger partial charge in [0.25, 0.3) is 0 Å². The molecule has 0 fully saturated rings. The Morgan fingerprint density at radius 2 is 1.94 bits per heavy atom. The van der Waals surface area contributed by atoms with Gasteiger partial charge in [-0.25, -0.2) is 13.4 Å². The van der Waals surface area contributed by atoms with Gasteiger partial charge in [0.1, 0.15) is 23.1 Å². The molecular weight excluding hydrogens is 465 g/mol. The number of hydrogen-bond donors (Lipinski definition) is 1. The Kier molecular flexibility index (Phi) is 6.15. The van der Waals surface area contributed by atoms with Crippen molar-refractivity contribution in [1.29, 1.82) is 0 Å². The average molecular weight is 485 g/mol. The van der Waals surface area contributed by atoms with Crippen molar-refractivity contribution in [3.63, 3.8) is 0 Å². The third kappa shape index (κ3) is 4.59. The summed E-state index contributed by atoms with van der Waals surface area (Å²) < 4.78 is 70.7. The minimum atomic E-state index is -4.49. The van der Waals surface area contributed by atoms with Gasteiger partial charge < -0.3 is 14.7 Å². The van der Waals surface area contributed by atoms with Gasteiger partial charge in [-0.15, -0.1) is 11.3 Å². The molecule has 0 radical (unpaired) electrons. The van der Waals surface area contributed by atoms with E-state index in [1.165, 1.54) is 35.7 Å². The molecule has 0 aliphatic carbocycles. The molecule has 6 nitrogen and oxygen atoms in total. The second-order valence-corrected chi connectivity index (χ2v) is 10.1. The minimum absolute atomic E-state index is 0.0478. The molecule has 1 aromatic heterocycles. The van der Waals surface area contributed by atoms with Crippen LogP contribution in [-0.2, 0) is 28.2 Å². The van der Waals surface area contributed by atoms with E-state index in [0.717, 1.165) is 12.1 Å². The third-order valence-corrected chi connectivity index (χ3v) is 7.62. The summed E-state index contributed by atoms with van der Waals surface area (Å²) in [5.74, 6) is 0.0958. The maximum Gasteiger partial charge on any atom is 0.416 e. The summed E-state index contributed by atoms with van der Waals surface area (Å²) in [4.78, 5) is 5.88. The van der Waals surface area contributed by atoms with E-state index in [1.54, 1.807) is 16.3 Å². The highest BCUT2D eigenvalue weighted by Gasteiger charge is 2.32. The number of fused-ring (bicyclic) bond motifs is 1. The number of ether oxygens (including phenoxy) is 1. The zero-order chi connectivity index (χ0) is 22.9. The summed E-state index contributed by atoms with van der Waals surface area (Å²) in [7, 11) is -3.65. The van der Waals surface area contributed by atoms with Crippen LogP contribution in [0.15, 0.2) is 52.9 Å². The van der Waals surface area contributed by atoms with Crippen LogP contribution in [0.25, 0.3) is 0 Å². The number of aliphatic hydroxyl groups is 1. The standard InChI is InChI=1S/C21H19F3N2O4S2/c22-21(23,24)15-1-3-17(14(11-15)5-8-27)26-7-9-30-19-12-16(2-4-18(19)26)32(28,29)13-20-25-6-10-31-20/h1-4,6,10-12,27H,5,7-9,13H2. The number of aromatic nitrogens is 1. The molecule has 0 spiro atoms. The largest absolute Gasteiger partial charge is 0.489 e. The predicted molar refractivity (Wildman–Crippen MR) is 114 cm³/mol. The first-order valence-electron chi connectivity index (χ1n) is 9.65. The molecular formula is C21H19F3N2O4S2. The van der Waals surface area contributed by atoms with Crippen LogP contribution in [0.5, 0.6) is 5.75 Å². The number of aliphatic hydroxyl groups excluding tert-OH is 1. The number of anilines is 2. The van der Waals surface area contributed by atoms with Gasteiger partial charge in [-0.3, -0.25) is 0 Å². The molecule has 11 heteroatoms. The second-order valence-electron chi connectivity index (χ2n) is 7.13. The molecule has 0 saturated carbocycles. The molecule has 0 atom stereocenters. The number of alkyl halides is 3. The minimum Gasteiger partial charge on any atom is -0.489 e. The van der Waals surface area contributed by atoms with E-state index in [4.69, 9.17) is 4.74 Å². The van der Waals surface area contributed by atoms with Crippen LogP contribution < -0.4 is 9.64 Å². The molecule has 3 aromatic rings. The molecule has 4 rings (SSSR count). The Labute approximate surface area is 186 Å². The second kappa shape index (κ2) is 8.72. The number of hydrogen-bond acceptors (Lipinski definition) is 7. The van der Waals surface area contributed by atoms with Crippen molar-refractivity contribution in [3.05, 3.63) is 64.1 Å². The van der Waals surface area contributed by atoms with E-state index >= 15 is 0 Å². The fourth-order valence-electron chi connectivity index (χ4n) is 3.56. The maximum absolute atomic E-state index is 13.2. The summed E-state index contributed by atoms with van der Waals surface area (Å²) in [5, 5.41) is 11.5. The molecule has 1 N–H and O–H groups in total. The lowest BCUT2D eigenvalue weighted by Crippen LogP contribution is -2.29. The summed E-state index contributed by atoms with van der Waals surface area (Å²) in [6, 6.07) is 7.88. The zero-order valence-corrected chi connectivity index (χ0v) is 18.3. The molecule has 0 unspecified atom stereocenters. The normalized spacial score (nSPS) is 14.2. The maximum atomic E-state index is 13.2. The molecule has 0 saturated heterocycles. The predicted octanol–water partition coefficient (Wildman–Crippen LogP) is 4.20. The van der Waals surface area contributed by atoms with E-state index in [0.29, 0.717) is 34.2 Å². The van der Waals surface area contributed by atoms with Gasteiger partial charge in [0.15, 0.2) is 9.84 Å². The van der Waals surface area contributed by atoms with E-state index in [1.807, 2.05) is 0 Å². The van der Waals surface area contributed by atoms with Crippen LogP contribution in [0.4, 0.5) is 24.5 Å². The van der Waals surface area contributed by atoms with Crippen molar-refractivity contribution in [2.45, 2.75) is 23.2 Å². The lowest BCUT2D eigenvalue weighted by Gasteiger charge is -2.33. The van der Waals surface area contributed by atoms with E-state index < -0.39 is 21.6 Å². The van der Waals surface area contributed by atoms with Crippen molar-refractivity contribution >= 4 is 32.5 Å². The topological polar surface area (TPSA) is 79.7 Å². The molecule has 0 bridgehead atoms. The first-order chi connectivity index (χ1) is 15.2. The number of benzene rings is 2. The van der Waals surface area contributed by atoms with E-state index in [-0.39, 0.29) is 30.3 Å². The Bertz CT molecular complexity index is 1210. The quantitative estimate of drug-likeness (QED) is 0.565. The van der Waals surface area contributed by atoms with Gasteiger partial charge in [-0.2, -0.15) is 13.2 Å². The van der Waals surface area contributed by atoms with Crippen LogP contribution in [-0.4, -0.2) is 38.3 Å². The Morgan fingerprint density at radius 3 is 2.62 bits per heavy atom. The van der Waals surface area contributed by atoms with Crippen molar-refractivity contribution in [1.82, 2.24) is 4.98 Å². The number of halogens is 3. The molecule has 170 valence electrons. The Morgan fingerprint density at radius 1 is 1.16 bits per heavy atom. The molecule has 2 heterocycles. The van der Waals surface area contributed by atoms with Gasteiger partial charge in [-0.05, 0) is 42.3 Å². The first-order valence-corrected chi connectivity index (χ1v) is 12.2. The van der Waals surface area contributed by atoms with Gasteiger partial charge in [0, 0.05) is 29.9 Å². The fraction of sp³-hybridized carbons (Fsp3) is 0.286. The van der Waals surface area contributed by atoms with E-state index in [2.05, 4.69) is 4.98 Å². The van der Waals surface area contributed by atoms with Gasteiger partial charge >= 0.3 is 6.18 Å². The third-order valence-electron chi connectivity index (χ3n) is 5.03. The molecule has 2 aromatic carbocycles. The average Bonchev–Trinajstić information content (AvgIpc) is 3.25. The van der Waals surface area contributed by atoms with Crippen LogP contribution in [0.2, 0.25) is 0 Å². The van der Waals surface area contributed by atoms with Gasteiger partial charge in [0.05, 0.1) is 22.7 Å². The lowest BCUT2D eigenvalue weighted by molar-refractivity contribution is -0.137.